The van der Waals surface area contributed by atoms with Crippen LogP contribution in [0.1, 0.15) is 12.5 Å². The molecule has 0 bridgehead atoms. The molecule has 11 heavy (non-hydrogen) atoms. The van der Waals surface area contributed by atoms with E-state index in [9.17, 15) is 4.39 Å². The Labute approximate surface area is 69.8 Å². The van der Waals surface area contributed by atoms with Crippen LogP contribution in [0.2, 0.25) is 0 Å². The number of hydrogen-bond acceptors (Lipinski definition) is 1. The van der Waals surface area contributed by atoms with Crippen molar-refractivity contribution in [3.63, 3.8) is 0 Å². The van der Waals surface area contributed by atoms with E-state index in [4.69, 9.17) is 0 Å². The summed E-state index contributed by atoms with van der Waals surface area (Å²) in [4.78, 5) is 1.12. The van der Waals surface area contributed by atoms with Gasteiger partial charge in [0.15, 0.2) is 0 Å². The monoisotopic (exact) mass is 168 g/mol. The lowest BCUT2D eigenvalue weighted by Gasteiger charge is -1.95. The molecule has 1 aromatic rings. The fraction of sp³-hybridized carbons (Fsp3) is 0.333. The summed E-state index contributed by atoms with van der Waals surface area (Å²) in [6, 6.07) is 5.06. The number of halogens is 1. The van der Waals surface area contributed by atoms with Crippen LogP contribution in [-0.4, -0.2) is 5.25 Å². The molecular weight excluding hydrogens is 159 g/mol. The Morgan fingerprint density at radius 2 is 2.36 bits per heavy atom. The molecular formula is C9H9FS. The summed E-state index contributed by atoms with van der Waals surface area (Å²) in [6.45, 7) is 2.17. The smallest absolute Gasteiger partial charge is 0.124 e. The first-order valence-electron chi connectivity index (χ1n) is 3.71. The molecule has 0 N–H and O–H groups in total. The number of rotatable bonds is 0. The van der Waals surface area contributed by atoms with Crippen LogP contribution in [0.15, 0.2) is 23.1 Å². The molecule has 0 spiro atoms. The Morgan fingerprint density at radius 3 is 3.18 bits per heavy atom. The summed E-state index contributed by atoms with van der Waals surface area (Å²) in [5.74, 6) is -0.120. The maximum absolute atomic E-state index is 12.7. The zero-order valence-electron chi connectivity index (χ0n) is 6.30. The molecule has 0 amide bonds. The van der Waals surface area contributed by atoms with Crippen LogP contribution in [-0.2, 0) is 6.42 Å². The van der Waals surface area contributed by atoms with Crippen molar-refractivity contribution in [3.05, 3.63) is 29.6 Å². The van der Waals surface area contributed by atoms with Gasteiger partial charge in [-0.15, -0.1) is 11.8 Å². The Morgan fingerprint density at radius 1 is 1.55 bits per heavy atom. The molecule has 58 valence electrons. The van der Waals surface area contributed by atoms with Crippen molar-refractivity contribution in [1.29, 1.82) is 0 Å². The van der Waals surface area contributed by atoms with Crippen molar-refractivity contribution >= 4 is 11.8 Å². The maximum atomic E-state index is 12.7. The summed E-state index contributed by atoms with van der Waals surface area (Å²) >= 11 is 1.77. The third kappa shape index (κ3) is 1.27. The molecule has 0 nitrogen and oxygen atoms in total. The van der Waals surface area contributed by atoms with E-state index in [1.807, 2.05) is 6.07 Å². The van der Waals surface area contributed by atoms with Crippen molar-refractivity contribution in [3.8, 4) is 0 Å². The van der Waals surface area contributed by atoms with Gasteiger partial charge in [-0.2, -0.15) is 0 Å². The van der Waals surface area contributed by atoms with Crippen LogP contribution in [0.5, 0.6) is 0 Å². The first kappa shape index (κ1) is 7.17. The van der Waals surface area contributed by atoms with Gasteiger partial charge in [-0.3, -0.25) is 0 Å². The minimum absolute atomic E-state index is 0.120. The Hall–Kier alpha value is -0.500. The zero-order valence-corrected chi connectivity index (χ0v) is 7.12. The normalized spacial score (nSPS) is 21.8. The summed E-state index contributed by atoms with van der Waals surface area (Å²) in [5, 5.41) is 0.617. The third-order valence-corrected chi connectivity index (χ3v) is 3.07. The van der Waals surface area contributed by atoms with Crippen molar-refractivity contribution in [2.45, 2.75) is 23.5 Å². The highest BCUT2D eigenvalue weighted by molar-refractivity contribution is 8.00. The molecule has 1 aliphatic rings. The SMILES string of the molecule is CC1Cc2ccc(F)cc2S1. The molecule has 1 atom stereocenters. The van der Waals surface area contributed by atoms with E-state index in [0.717, 1.165) is 11.3 Å². The fourth-order valence-corrected chi connectivity index (χ4v) is 2.55. The molecule has 2 rings (SSSR count). The Kier molecular flexibility index (Phi) is 1.64. The quantitative estimate of drug-likeness (QED) is 0.574. The molecule has 1 unspecified atom stereocenters. The topological polar surface area (TPSA) is 0 Å². The van der Waals surface area contributed by atoms with Crippen LogP contribution in [0, 0.1) is 5.82 Å². The molecule has 1 aromatic carbocycles. The number of fused-ring (bicyclic) bond motifs is 1. The number of thioether (sulfide) groups is 1. The second kappa shape index (κ2) is 2.52. The fourth-order valence-electron chi connectivity index (χ4n) is 1.37. The van der Waals surface area contributed by atoms with Crippen LogP contribution < -0.4 is 0 Å². The molecule has 1 aliphatic heterocycles. The average molecular weight is 168 g/mol. The first-order valence-corrected chi connectivity index (χ1v) is 4.59. The molecule has 2 heteroatoms. The van der Waals surface area contributed by atoms with Gasteiger partial charge in [0.2, 0.25) is 0 Å². The summed E-state index contributed by atoms with van der Waals surface area (Å²) in [6.07, 6.45) is 1.08. The highest BCUT2D eigenvalue weighted by atomic mass is 32.2. The molecule has 0 radical (unpaired) electrons. The first-order chi connectivity index (χ1) is 5.25. The van der Waals surface area contributed by atoms with Gasteiger partial charge < -0.3 is 0 Å². The lowest BCUT2D eigenvalue weighted by Crippen LogP contribution is -1.90. The van der Waals surface area contributed by atoms with Crippen LogP contribution in [0.25, 0.3) is 0 Å². The summed E-state index contributed by atoms with van der Waals surface area (Å²) in [5.41, 5.74) is 1.30. The number of benzene rings is 1. The summed E-state index contributed by atoms with van der Waals surface area (Å²) < 4.78 is 12.7. The van der Waals surface area contributed by atoms with Gasteiger partial charge in [-0.25, -0.2) is 4.39 Å². The molecule has 0 fully saturated rings. The molecule has 0 aliphatic carbocycles. The second-order valence-electron chi connectivity index (χ2n) is 2.88. The van der Waals surface area contributed by atoms with E-state index in [-0.39, 0.29) is 5.82 Å². The van der Waals surface area contributed by atoms with Gasteiger partial charge in [0, 0.05) is 10.1 Å². The predicted octanol–water partition coefficient (Wildman–Crippen LogP) is 2.86. The molecule has 0 saturated heterocycles. The van der Waals surface area contributed by atoms with Gasteiger partial charge in [0.1, 0.15) is 5.82 Å². The van der Waals surface area contributed by atoms with Gasteiger partial charge in [0.25, 0.3) is 0 Å². The molecule has 0 aromatic heterocycles. The minimum Gasteiger partial charge on any atom is -0.207 e. The maximum Gasteiger partial charge on any atom is 0.124 e. The number of hydrogen-bond donors (Lipinski definition) is 0. The van der Waals surface area contributed by atoms with E-state index < -0.39 is 0 Å². The van der Waals surface area contributed by atoms with E-state index in [0.29, 0.717) is 5.25 Å². The lowest BCUT2D eigenvalue weighted by atomic mass is 10.1. The molecule has 0 saturated carbocycles. The molecule has 1 heterocycles. The van der Waals surface area contributed by atoms with Crippen LogP contribution in [0.3, 0.4) is 0 Å². The Bertz CT molecular complexity index is 283. The predicted molar refractivity (Wildman–Crippen MR) is 45.4 cm³/mol. The standard InChI is InChI=1S/C9H9FS/c1-6-4-7-2-3-8(10)5-9(7)11-6/h2-3,5-6H,4H2,1H3. The highest BCUT2D eigenvalue weighted by Gasteiger charge is 2.18. The lowest BCUT2D eigenvalue weighted by molar-refractivity contribution is 0.623. The zero-order chi connectivity index (χ0) is 7.84. The largest absolute Gasteiger partial charge is 0.207 e. The third-order valence-electron chi connectivity index (χ3n) is 1.86. The van der Waals surface area contributed by atoms with Crippen LogP contribution >= 0.6 is 11.8 Å². The van der Waals surface area contributed by atoms with Gasteiger partial charge in [-0.05, 0) is 24.1 Å². The average Bonchev–Trinajstić information content (AvgIpc) is 2.27. The van der Waals surface area contributed by atoms with Crippen LogP contribution in [0.4, 0.5) is 4.39 Å². The van der Waals surface area contributed by atoms with Crippen molar-refractivity contribution in [2.75, 3.05) is 0 Å². The van der Waals surface area contributed by atoms with E-state index in [1.54, 1.807) is 17.8 Å². The Balaban J connectivity index is 2.43. The van der Waals surface area contributed by atoms with Gasteiger partial charge in [-0.1, -0.05) is 13.0 Å². The van der Waals surface area contributed by atoms with Gasteiger partial charge in [0.05, 0.1) is 0 Å². The van der Waals surface area contributed by atoms with Crippen molar-refractivity contribution in [2.24, 2.45) is 0 Å². The van der Waals surface area contributed by atoms with Crippen molar-refractivity contribution in [1.82, 2.24) is 0 Å². The van der Waals surface area contributed by atoms with Gasteiger partial charge >= 0.3 is 0 Å². The highest BCUT2D eigenvalue weighted by Crippen LogP contribution is 2.36. The van der Waals surface area contributed by atoms with Crippen molar-refractivity contribution < 1.29 is 4.39 Å². The second-order valence-corrected chi connectivity index (χ2v) is 4.36. The van der Waals surface area contributed by atoms with E-state index in [1.165, 1.54) is 11.6 Å². The van der Waals surface area contributed by atoms with E-state index in [2.05, 4.69) is 6.92 Å². The summed E-state index contributed by atoms with van der Waals surface area (Å²) in [7, 11) is 0. The van der Waals surface area contributed by atoms with E-state index >= 15 is 0 Å². The minimum atomic E-state index is -0.120.